The second-order valence-corrected chi connectivity index (χ2v) is 9.67. The van der Waals surface area contributed by atoms with Crippen LogP contribution in [0.4, 0.5) is 5.69 Å². The molecule has 1 aliphatic heterocycles. The van der Waals surface area contributed by atoms with E-state index in [1.165, 1.54) is 0 Å². The highest BCUT2D eigenvalue weighted by Crippen LogP contribution is 2.34. The third-order valence-electron chi connectivity index (χ3n) is 7.04. The maximum atomic E-state index is 6.10. The van der Waals surface area contributed by atoms with E-state index in [9.17, 15) is 0 Å². The fourth-order valence-electron chi connectivity index (χ4n) is 5.04. The summed E-state index contributed by atoms with van der Waals surface area (Å²) in [4.78, 5) is 19.6. The summed E-state index contributed by atoms with van der Waals surface area (Å²) in [6.07, 6.45) is 0. The van der Waals surface area contributed by atoms with Crippen molar-refractivity contribution in [2.45, 2.75) is 0 Å². The predicted octanol–water partition coefficient (Wildman–Crippen LogP) is 4.99. The number of imidazole rings is 2. The minimum atomic E-state index is 0.606. The van der Waals surface area contributed by atoms with Gasteiger partial charge in [0.1, 0.15) is 29.2 Å². The normalized spacial score (nSPS) is 14.3. The molecule has 3 aromatic carbocycles. The first-order valence-electron chi connectivity index (χ1n) is 12.6. The number of methoxy groups -OCH3 is 2. The number of piperazine rings is 1. The number of hydrogen-bond donors (Lipinski definition) is 3. The summed E-state index contributed by atoms with van der Waals surface area (Å²) in [7, 11) is 3.28. The van der Waals surface area contributed by atoms with Gasteiger partial charge in [0, 0.05) is 38.3 Å². The number of nitrogens with one attached hydrogen (secondary N) is 3. The number of para-hydroxylation sites is 2. The Morgan fingerprint density at radius 2 is 1.63 bits per heavy atom. The number of aromatic nitrogens is 4. The second-order valence-electron chi connectivity index (χ2n) is 9.26. The third kappa shape index (κ3) is 4.68. The highest BCUT2D eigenvalue weighted by Gasteiger charge is 2.21. The van der Waals surface area contributed by atoms with Crippen LogP contribution in [-0.2, 0) is 0 Å². The van der Waals surface area contributed by atoms with Gasteiger partial charge in [-0.3, -0.25) is 4.90 Å². The topological polar surface area (TPSA) is 94.4 Å². The van der Waals surface area contributed by atoms with Gasteiger partial charge in [0.15, 0.2) is 16.3 Å². The first-order valence-corrected chi connectivity index (χ1v) is 13.1. The van der Waals surface area contributed by atoms with Gasteiger partial charge in [-0.2, -0.15) is 0 Å². The lowest BCUT2D eigenvalue weighted by molar-refractivity contribution is 0.201. The van der Waals surface area contributed by atoms with E-state index in [1.807, 2.05) is 36.4 Å². The van der Waals surface area contributed by atoms with Crippen molar-refractivity contribution >= 4 is 40.0 Å². The van der Waals surface area contributed by atoms with Crippen molar-refractivity contribution in [3.8, 4) is 28.6 Å². The van der Waals surface area contributed by atoms with Gasteiger partial charge in [0.05, 0.1) is 30.9 Å². The summed E-state index contributed by atoms with van der Waals surface area (Å²) in [5, 5.41) is 0. The molecule has 1 fully saturated rings. The number of aromatic amines is 3. The van der Waals surface area contributed by atoms with Crippen molar-refractivity contribution in [3.05, 3.63) is 59.4 Å². The van der Waals surface area contributed by atoms with Crippen LogP contribution in [0.15, 0.2) is 54.6 Å². The van der Waals surface area contributed by atoms with Crippen LogP contribution in [0.3, 0.4) is 0 Å². The fourth-order valence-corrected chi connectivity index (χ4v) is 5.25. The summed E-state index contributed by atoms with van der Waals surface area (Å²) in [6.45, 7) is 5.27. The maximum absolute atomic E-state index is 6.10. The van der Waals surface area contributed by atoms with Crippen molar-refractivity contribution in [2.75, 3.05) is 58.5 Å². The van der Waals surface area contributed by atoms with Gasteiger partial charge in [0.2, 0.25) is 0 Å². The maximum Gasteiger partial charge on any atom is 0.175 e. The number of fused-ring (bicyclic) bond motifs is 2. The SMILES string of the molecule is COc1ccc(-c2nc3c(N4CCN(CCOc5cccc6[nH]c(=S)[nH]c56)CC4)cccc3[nH]2)cc1OC. The molecule has 9 nitrogen and oxygen atoms in total. The molecular weight excluding hydrogens is 500 g/mol. The molecule has 6 rings (SSSR count). The lowest BCUT2D eigenvalue weighted by atomic mass is 10.2. The van der Waals surface area contributed by atoms with Gasteiger partial charge in [-0.15, -0.1) is 0 Å². The lowest BCUT2D eigenvalue weighted by Crippen LogP contribution is -2.47. The largest absolute Gasteiger partial charge is 0.493 e. The van der Waals surface area contributed by atoms with E-state index < -0.39 is 0 Å². The summed E-state index contributed by atoms with van der Waals surface area (Å²) in [6, 6.07) is 18.1. The molecule has 1 saturated heterocycles. The predicted molar refractivity (Wildman–Crippen MR) is 152 cm³/mol. The van der Waals surface area contributed by atoms with Gasteiger partial charge < -0.3 is 34.1 Å². The number of rotatable bonds is 8. The lowest BCUT2D eigenvalue weighted by Gasteiger charge is -2.36. The molecular formula is C28H30N6O3S. The van der Waals surface area contributed by atoms with Crippen LogP contribution in [0.1, 0.15) is 0 Å². The molecule has 196 valence electrons. The Hall–Kier alpha value is -4.02. The van der Waals surface area contributed by atoms with Crippen LogP contribution in [0.5, 0.6) is 17.2 Å². The Morgan fingerprint density at radius 3 is 2.45 bits per heavy atom. The minimum absolute atomic E-state index is 0.606. The minimum Gasteiger partial charge on any atom is -0.493 e. The second kappa shape index (κ2) is 10.4. The number of nitrogens with zero attached hydrogens (tertiary/aromatic N) is 3. The number of hydrogen-bond acceptors (Lipinski definition) is 7. The number of ether oxygens (including phenoxy) is 3. The summed E-state index contributed by atoms with van der Waals surface area (Å²) in [5.74, 6) is 3.01. The molecule has 0 atom stereocenters. The van der Waals surface area contributed by atoms with Crippen LogP contribution < -0.4 is 19.1 Å². The zero-order valence-corrected chi connectivity index (χ0v) is 22.2. The van der Waals surface area contributed by atoms with Crippen molar-refractivity contribution in [3.63, 3.8) is 0 Å². The smallest absolute Gasteiger partial charge is 0.175 e. The highest BCUT2D eigenvalue weighted by atomic mass is 32.1. The highest BCUT2D eigenvalue weighted by molar-refractivity contribution is 7.71. The van der Waals surface area contributed by atoms with Gasteiger partial charge in [-0.25, -0.2) is 4.98 Å². The van der Waals surface area contributed by atoms with Crippen LogP contribution in [-0.4, -0.2) is 78.4 Å². The van der Waals surface area contributed by atoms with Crippen LogP contribution >= 0.6 is 12.2 Å². The van der Waals surface area contributed by atoms with E-state index in [-0.39, 0.29) is 0 Å². The van der Waals surface area contributed by atoms with Crippen molar-refractivity contribution < 1.29 is 14.2 Å². The molecule has 1 aliphatic rings. The first-order chi connectivity index (χ1) is 18.6. The van der Waals surface area contributed by atoms with E-state index in [0.29, 0.717) is 22.9 Å². The monoisotopic (exact) mass is 530 g/mol. The Labute approximate surface area is 225 Å². The third-order valence-corrected chi connectivity index (χ3v) is 7.24. The molecule has 5 aromatic rings. The molecule has 0 spiro atoms. The number of benzene rings is 3. The molecule has 0 amide bonds. The average molecular weight is 531 g/mol. The molecule has 3 heterocycles. The standard InChI is InChI=1S/C28H30N6O3S/c1-35-22-10-9-18(17-24(22)36-2)27-29-19-5-3-7-21(25(19)31-27)34-13-11-33(12-14-34)15-16-37-23-8-4-6-20-26(23)32-28(38)30-20/h3-10,17H,11-16H2,1-2H3,(H,29,31)(H2,30,32,38). The number of H-pyrrole nitrogens is 3. The summed E-state index contributed by atoms with van der Waals surface area (Å²) in [5.41, 5.74) is 5.97. The average Bonchev–Trinajstić information content (AvgIpc) is 3.56. The molecule has 0 radical (unpaired) electrons. The van der Waals surface area contributed by atoms with E-state index in [0.717, 1.165) is 77.6 Å². The van der Waals surface area contributed by atoms with E-state index in [4.69, 9.17) is 31.4 Å². The van der Waals surface area contributed by atoms with E-state index in [1.54, 1.807) is 14.2 Å². The zero-order chi connectivity index (χ0) is 26.1. The van der Waals surface area contributed by atoms with Crippen LogP contribution in [0, 0.1) is 4.77 Å². The molecule has 0 saturated carbocycles. The van der Waals surface area contributed by atoms with Crippen LogP contribution in [0.25, 0.3) is 33.5 Å². The summed E-state index contributed by atoms with van der Waals surface area (Å²) >= 11 is 5.22. The quantitative estimate of drug-likeness (QED) is 0.244. The molecule has 3 N–H and O–H groups in total. The molecule has 2 aromatic heterocycles. The Bertz CT molecular complexity index is 1630. The van der Waals surface area contributed by atoms with E-state index >= 15 is 0 Å². The van der Waals surface area contributed by atoms with Crippen LogP contribution in [0.2, 0.25) is 0 Å². The Balaban J connectivity index is 1.11. The molecule has 0 aliphatic carbocycles. The zero-order valence-electron chi connectivity index (χ0n) is 21.4. The first kappa shape index (κ1) is 24.3. The van der Waals surface area contributed by atoms with Crippen molar-refractivity contribution in [1.29, 1.82) is 0 Å². The number of anilines is 1. The Kier molecular flexibility index (Phi) is 6.65. The molecule has 0 unspecified atom stereocenters. The fraction of sp³-hybridized carbons (Fsp3) is 0.286. The molecule has 10 heteroatoms. The van der Waals surface area contributed by atoms with Gasteiger partial charge in [-0.1, -0.05) is 12.1 Å². The molecule has 0 bridgehead atoms. The molecule has 38 heavy (non-hydrogen) atoms. The van der Waals surface area contributed by atoms with Gasteiger partial charge in [-0.05, 0) is 54.7 Å². The van der Waals surface area contributed by atoms with Crippen molar-refractivity contribution in [1.82, 2.24) is 24.8 Å². The van der Waals surface area contributed by atoms with Gasteiger partial charge in [0.25, 0.3) is 0 Å². The van der Waals surface area contributed by atoms with Crippen molar-refractivity contribution in [2.24, 2.45) is 0 Å². The van der Waals surface area contributed by atoms with E-state index in [2.05, 4.69) is 43.0 Å². The Morgan fingerprint density at radius 1 is 0.842 bits per heavy atom. The van der Waals surface area contributed by atoms with Gasteiger partial charge >= 0.3 is 0 Å². The summed E-state index contributed by atoms with van der Waals surface area (Å²) < 4.78 is 17.6.